The van der Waals surface area contributed by atoms with Crippen LogP contribution in [-0.2, 0) is 0 Å². The monoisotopic (exact) mass is 253 g/mol. The van der Waals surface area contributed by atoms with Gasteiger partial charge in [-0.15, -0.1) is 11.3 Å². The first kappa shape index (κ1) is 12.2. The first-order valence-electron chi connectivity index (χ1n) is 5.26. The molecule has 17 heavy (non-hydrogen) atoms. The molecule has 1 atom stereocenters. The SMILES string of the molecule is Cc1ccc(C(N)c2cc(C)c(F)cc2F)s1. The van der Waals surface area contributed by atoms with Crippen LogP contribution in [0.25, 0.3) is 0 Å². The fraction of sp³-hybridized carbons (Fsp3) is 0.231. The number of rotatable bonds is 2. The van der Waals surface area contributed by atoms with Crippen LogP contribution in [0.3, 0.4) is 0 Å². The van der Waals surface area contributed by atoms with E-state index in [0.717, 1.165) is 15.8 Å². The Balaban J connectivity index is 2.43. The zero-order valence-corrected chi connectivity index (χ0v) is 10.4. The summed E-state index contributed by atoms with van der Waals surface area (Å²) in [5.74, 6) is -1.13. The molecule has 2 N–H and O–H groups in total. The van der Waals surface area contributed by atoms with Crippen LogP contribution in [0, 0.1) is 25.5 Å². The van der Waals surface area contributed by atoms with Gasteiger partial charge >= 0.3 is 0 Å². The Kier molecular flexibility index (Phi) is 3.26. The number of hydrogen-bond donors (Lipinski definition) is 1. The third-order valence-electron chi connectivity index (χ3n) is 2.68. The van der Waals surface area contributed by atoms with Gasteiger partial charge in [0.1, 0.15) is 11.6 Å². The van der Waals surface area contributed by atoms with E-state index in [-0.39, 0.29) is 0 Å². The smallest absolute Gasteiger partial charge is 0.131 e. The fourth-order valence-corrected chi connectivity index (χ4v) is 2.59. The molecule has 0 saturated carbocycles. The number of benzene rings is 1. The van der Waals surface area contributed by atoms with Crippen molar-refractivity contribution in [2.75, 3.05) is 0 Å². The number of halogens is 2. The van der Waals surface area contributed by atoms with Crippen LogP contribution < -0.4 is 5.73 Å². The predicted octanol–water partition coefficient (Wildman–Crippen LogP) is 3.69. The normalized spacial score (nSPS) is 12.8. The van der Waals surface area contributed by atoms with Gasteiger partial charge in [0, 0.05) is 21.4 Å². The van der Waals surface area contributed by atoms with Crippen LogP contribution in [0.1, 0.15) is 26.9 Å². The molecule has 0 saturated heterocycles. The van der Waals surface area contributed by atoms with Gasteiger partial charge in [-0.2, -0.15) is 0 Å². The minimum Gasteiger partial charge on any atom is -0.320 e. The molecular formula is C13H13F2NS. The van der Waals surface area contributed by atoms with Gasteiger partial charge in [-0.05, 0) is 37.6 Å². The largest absolute Gasteiger partial charge is 0.320 e. The van der Waals surface area contributed by atoms with Crippen LogP contribution in [0.15, 0.2) is 24.3 Å². The highest BCUT2D eigenvalue weighted by atomic mass is 32.1. The lowest BCUT2D eigenvalue weighted by atomic mass is 10.0. The van der Waals surface area contributed by atoms with Gasteiger partial charge in [0.2, 0.25) is 0 Å². The summed E-state index contributed by atoms with van der Waals surface area (Å²) in [6.45, 7) is 3.57. The Bertz CT molecular complexity index is 548. The molecule has 2 rings (SSSR count). The first-order chi connectivity index (χ1) is 7.99. The summed E-state index contributed by atoms with van der Waals surface area (Å²) in [4.78, 5) is 2.00. The molecule has 1 aromatic carbocycles. The van der Waals surface area contributed by atoms with E-state index in [2.05, 4.69) is 0 Å². The predicted molar refractivity (Wildman–Crippen MR) is 66.2 cm³/mol. The van der Waals surface area contributed by atoms with Crippen molar-refractivity contribution in [3.05, 3.63) is 56.8 Å². The van der Waals surface area contributed by atoms with Gasteiger partial charge in [0.05, 0.1) is 6.04 Å². The molecule has 0 aliphatic heterocycles. The average molecular weight is 253 g/mol. The van der Waals surface area contributed by atoms with Crippen molar-refractivity contribution in [1.82, 2.24) is 0 Å². The number of aryl methyl sites for hydroxylation is 2. The summed E-state index contributed by atoms with van der Waals surface area (Å²) in [7, 11) is 0. The third kappa shape index (κ3) is 2.37. The van der Waals surface area contributed by atoms with Crippen LogP contribution >= 0.6 is 11.3 Å². The summed E-state index contributed by atoms with van der Waals surface area (Å²) >= 11 is 1.52. The maximum Gasteiger partial charge on any atom is 0.131 e. The Labute approximate surface area is 103 Å². The summed E-state index contributed by atoms with van der Waals surface area (Å²) in [5, 5.41) is 0. The highest BCUT2D eigenvalue weighted by molar-refractivity contribution is 7.12. The van der Waals surface area contributed by atoms with Gasteiger partial charge in [-0.25, -0.2) is 8.78 Å². The second-order valence-electron chi connectivity index (χ2n) is 4.05. The molecule has 0 spiro atoms. The molecule has 2 aromatic rings. The topological polar surface area (TPSA) is 26.0 Å². The quantitative estimate of drug-likeness (QED) is 0.867. The molecule has 0 fully saturated rings. The van der Waals surface area contributed by atoms with Crippen molar-refractivity contribution in [3.8, 4) is 0 Å². The van der Waals surface area contributed by atoms with E-state index in [1.54, 1.807) is 6.92 Å². The maximum absolute atomic E-state index is 13.7. The lowest BCUT2D eigenvalue weighted by Crippen LogP contribution is -2.13. The summed E-state index contributed by atoms with van der Waals surface area (Å²) in [5.41, 5.74) is 6.74. The van der Waals surface area contributed by atoms with Gasteiger partial charge < -0.3 is 5.73 Å². The molecule has 90 valence electrons. The molecule has 0 aliphatic rings. The van der Waals surface area contributed by atoms with Crippen molar-refractivity contribution in [1.29, 1.82) is 0 Å². The van der Waals surface area contributed by atoms with Gasteiger partial charge in [-0.3, -0.25) is 0 Å². The van der Waals surface area contributed by atoms with Crippen LogP contribution in [-0.4, -0.2) is 0 Å². The van der Waals surface area contributed by atoms with Gasteiger partial charge in [0.25, 0.3) is 0 Å². The van der Waals surface area contributed by atoms with Crippen molar-refractivity contribution in [2.45, 2.75) is 19.9 Å². The van der Waals surface area contributed by atoms with Crippen molar-refractivity contribution >= 4 is 11.3 Å². The molecule has 0 radical (unpaired) electrons. The second-order valence-corrected chi connectivity index (χ2v) is 5.37. The highest BCUT2D eigenvalue weighted by Gasteiger charge is 2.17. The fourth-order valence-electron chi connectivity index (χ4n) is 1.69. The van der Waals surface area contributed by atoms with Crippen LogP contribution in [0.4, 0.5) is 8.78 Å². The van der Waals surface area contributed by atoms with Gasteiger partial charge in [-0.1, -0.05) is 0 Å². The van der Waals surface area contributed by atoms with Crippen LogP contribution in [0.2, 0.25) is 0 Å². The minimum absolute atomic E-state index is 0.339. The van der Waals surface area contributed by atoms with E-state index < -0.39 is 17.7 Å². The molecule has 0 amide bonds. The average Bonchev–Trinajstić information content (AvgIpc) is 2.69. The van der Waals surface area contributed by atoms with E-state index in [9.17, 15) is 8.78 Å². The number of hydrogen-bond acceptors (Lipinski definition) is 2. The summed E-state index contributed by atoms with van der Waals surface area (Å²) in [6.07, 6.45) is 0. The van der Waals surface area contributed by atoms with E-state index >= 15 is 0 Å². The molecule has 0 aliphatic carbocycles. The molecule has 1 nitrogen and oxygen atoms in total. The van der Waals surface area contributed by atoms with Crippen molar-refractivity contribution in [2.24, 2.45) is 5.73 Å². The third-order valence-corrected chi connectivity index (χ3v) is 3.76. The zero-order valence-electron chi connectivity index (χ0n) is 9.63. The van der Waals surface area contributed by atoms with Crippen molar-refractivity contribution < 1.29 is 8.78 Å². The lowest BCUT2D eigenvalue weighted by molar-refractivity contribution is 0.561. The van der Waals surface area contributed by atoms with Crippen LogP contribution in [0.5, 0.6) is 0 Å². The van der Waals surface area contributed by atoms with E-state index in [4.69, 9.17) is 5.73 Å². The first-order valence-corrected chi connectivity index (χ1v) is 6.08. The molecule has 0 bridgehead atoms. The summed E-state index contributed by atoms with van der Waals surface area (Å²) in [6, 6.07) is 5.65. The zero-order chi connectivity index (χ0) is 12.6. The number of nitrogens with two attached hydrogens (primary N) is 1. The Morgan fingerprint density at radius 3 is 2.41 bits per heavy atom. The lowest BCUT2D eigenvalue weighted by Gasteiger charge is -2.12. The highest BCUT2D eigenvalue weighted by Crippen LogP contribution is 2.29. The molecule has 1 heterocycles. The Hall–Kier alpha value is -1.26. The van der Waals surface area contributed by atoms with Crippen molar-refractivity contribution in [3.63, 3.8) is 0 Å². The minimum atomic E-state index is -0.591. The maximum atomic E-state index is 13.7. The molecule has 4 heteroatoms. The van der Waals surface area contributed by atoms with Gasteiger partial charge in [0.15, 0.2) is 0 Å². The summed E-state index contributed by atoms with van der Waals surface area (Å²) < 4.78 is 26.8. The molecule has 1 unspecified atom stereocenters. The Morgan fingerprint density at radius 2 is 1.82 bits per heavy atom. The molecular weight excluding hydrogens is 240 g/mol. The van der Waals surface area contributed by atoms with E-state index in [1.807, 2.05) is 19.1 Å². The van der Waals surface area contributed by atoms with E-state index in [1.165, 1.54) is 17.4 Å². The standard InChI is InChI=1S/C13H13F2NS/c1-7-5-9(11(15)6-10(7)14)13(16)12-4-3-8(2)17-12/h3-6,13H,16H2,1-2H3. The van der Waals surface area contributed by atoms with E-state index in [0.29, 0.717) is 11.1 Å². The molecule has 1 aromatic heterocycles. The number of thiophene rings is 1. The Morgan fingerprint density at radius 1 is 1.12 bits per heavy atom. The second kappa shape index (κ2) is 4.55.